The van der Waals surface area contributed by atoms with Crippen molar-refractivity contribution in [1.82, 2.24) is 0 Å². The highest BCUT2D eigenvalue weighted by molar-refractivity contribution is 5.57. The van der Waals surface area contributed by atoms with E-state index in [4.69, 9.17) is 9.84 Å². The van der Waals surface area contributed by atoms with Crippen LogP contribution in [0.25, 0.3) is 6.08 Å². The number of phenols is 1. The van der Waals surface area contributed by atoms with Crippen LogP contribution in [0.2, 0.25) is 0 Å². The Hall–Kier alpha value is -1.48. The summed E-state index contributed by atoms with van der Waals surface area (Å²) >= 11 is 0. The summed E-state index contributed by atoms with van der Waals surface area (Å²) in [5.74, 6) is 0.604. The molecule has 0 fully saturated rings. The maximum absolute atomic E-state index is 9.46. The molecule has 82 valence electrons. The molecular weight excluding hydrogens is 192 g/mol. The lowest BCUT2D eigenvalue weighted by Crippen LogP contribution is -1.92. The molecule has 0 aliphatic heterocycles. The van der Waals surface area contributed by atoms with E-state index in [1.54, 1.807) is 18.2 Å². The van der Waals surface area contributed by atoms with Gasteiger partial charge in [-0.05, 0) is 37.1 Å². The quantitative estimate of drug-likeness (QED) is 0.797. The molecule has 0 amide bonds. The molecule has 0 saturated carbocycles. The summed E-state index contributed by atoms with van der Waals surface area (Å²) in [6, 6.07) is 5.11. The normalized spacial score (nSPS) is 11.5. The Morgan fingerprint density at radius 2 is 2.20 bits per heavy atom. The molecule has 0 radical (unpaired) electrons. The Balaban J connectivity index is 2.97. The number of aromatic hydroxyl groups is 1. The minimum Gasteiger partial charge on any atom is -0.504 e. The molecule has 3 nitrogen and oxygen atoms in total. The summed E-state index contributed by atoms with van der Waals surface area (Å²) in [6.45, 7) is 4.25. The summed E-state index contributed by atoms with van der Waals surface area (Å²) in [6.07, 6.45) is 1.85. The zero-order chi connectivity index (χ0) is 11.3. The Morgan fingerprint density at radius 3 is 2.80 bits per heavy atom. The van der Waals surface area contributed by atoms with E-state index in [0.29, 0.717) is 12.4 Å². The van der Waals surface area contributed by atoms with E-state index in [9.17, 15) is 5.11 Å². The van der Waals surface area contributed by atoms with Crippen molar-refractivity contribution >= 4 is 6.08 Å². The van der Waals surface area contributed by atoms with Crippen molar-refractivity contribution in [1.29, 1.82) is 0 Å². The highest BCUT2D eigenvalue weighted by atomic mass is 16.5. The number of rotatable bonds is 4. The van der Waals surface area contributed by atoms with Gasteiger partial charge in [-0.2, -0.15) is 0 Å². The summed E-state index contributed by atoms with van der Waals surface area (Å²) in [7, 11) is 0. The molecule has 1 aromatic carbocycles. The molecule has 0 unspecified atom stereocenters. The summed E-state index contributed by atoms with van der Waals surface area (Å²) in [5, 5.41) is 18.3. The van der Waals surface area contributed by atoms with Crippen molar-refractivity contribution in [3.05, 3.63) is 29.3 Å². The maximum atomic E-state index is 9.46. The fourth-order valence-corrected chi connectivity index (χ4v) is 1.22. The molecule has 0 aliphatic rings. The molecule has 0 spiro atoms. The standard InChI is InChI=1S/C12H16O3/c1-3-15-12-7-10(4-5-11(12)14)6-9(2)8-13/h4-7,13-14H,3,8H2,1-2H3. The SMILES string of the molecule is CCOc1cc(C=C(C)CO)ccc1O. The predicted molar refractivity (Wildman–Crippen MR) is 60.0 cm³/mol. The van der Waals surface area contributed by atoms with Crippen LogP contribution in [0.15, 0.2) is 23.8 Å². The molecule has 2 N–H and O–H groups in total. The van der Waals surface area contributed by atoms with Crippen molar-refractivity contribution in [2.45, 2.75) is 13.8 Å². The van der Waals surface area contributed by atoms with Crippen molar-refractivity contribution in [3.63, 3.8) is 0 Å². The average molecular weight is 208 g/mol. The van der Waals surface area contributed by atoms with Crippen LogP contribution in [0, 0.1) is 0 Å². The minimum absolute atomic E-state index is 0.0326. The molecule has 1 aromatic rings. The summed E-state index contributed by atoms with van der Waals surface area (Å²) in [4.78, 5) is 0. The Bertz CT molecular complexity index is 356. The lowest BCUT2D eigenvalue weighted by atomic mass is 10.1. The molecule has 0 atom stereocenters. The third kappa shape index (κ3) is 3.29. The van der Waals surface area contributed by atoms with Gasteiger partial charge in [0.15, 0.2) is 11.5 Å². The van der Waals surface area contributed by atoms with Gasteiger partial charge in [0.05, 0.1) is 13.2 Å². The van der Waals surface area contributed by atoms with Gasteiger partial charge in [-0.15, -0.1) is 0 Å². The van der Waals surface area contributed by atoms with Crippen LogP contribution in [-0.4, -0.2) is 23.4 Å². The lowest BCUT2D eigenvalue weighted by molar-refractivity contribution is 0.318. The van der Waals surface area contributed by atoms with Gasteiger partial charge >= 0.3 is 0 Å². The average Bonchev–Trinajstić information content (AvgIpc) is 2.23. The highest BCUT2D eigenvalue weighted by Crippen LogP contribution is 2.27. The molecule has 3 heteroatoms. The number of hydrogen-bond acceptors (Lipinski definition) is 3. The number of aliphatic hydroxyl groups excluding tert-OH is 1. The number of benzene rings is 1. The number of aliphatic hydroxyl groups is 1. The van der Waals surface area contributed by atoms with Gasteiger partial charge in [-0.1, -0.05) is 12.1 Å². The van der Waals surface area contributed by atoms with Gasteiger partial charge in [-0.25, -0.2) is 0 Å². The minimum atomic E-state index is 0.0326. The van der Waals surface area contributed by atoms with E-state index in [2.05, 4.69) is 0 Å². The second-order valence-corrected chi connectivity index (χ2v) is 3.31. The number of ether oxygens (including phenoxy) is 1. The molecule has 0 heterocycles. The Kier molecular flexibility index (Phi) is 4.18. The number of phenolic OH excluding ortho intramolecular Hbond substituents is 1. The third-order valence-electron chi connectivity index (χ3n) is 1.95. The molecular formula is C12H16O3. The Labute approximate surface area is 89.6 Å². The van der Waals surface area contributed by atoms with Crippen LogP contribution in [0.5, 0.6) is 11.5 Å². The largest absolute Gasteiger partial charge is 0.504 e. The Morgan fingerprint density at radius 1 is 1.47 bits per heavy atom. The van der Waals surface area contributed by atoms with Gasteiger partial charge in [0.25, 0.3) is 0 Å². The summed E-state index contributed by atoms with van der Waals surface area (Å²) in [5.41, 5.74) is 1.77. The maximum Gasteiger partial charge on any atom is 0.161 e. The molecule has 15 heavy (non-hydrogen) atoms. The van der Waals surface area contributed by atoms with Crippen molar-refractivity contribution in [2.24, 2.45) is 0 Å². The van der Waals surface area contributed by atoms with Gasteiger partial charge in [0.2, 0.25) is 0 Å². The van der Waals surface area contributed by atoms with Crippen LogP contribution in [0.4, 0.5) is 0 Å². The van der Waals surface area contributed by atoms with Gasteiger partial charge < -0.3 is 14.9 Å². The predicted octanol–water partition coefficient (Wildman–Crippen LogP) is 2.19. The van der Waals surface area contributed by atoms with Crippen molar-refractivity contribution < 1.29 is 14.9 Å². The van der Waals surface area contributed by atoms with Crippen LogP contribution in [-0.2, 0) is 0 Å². The second kappa shape index (κ2) is 5.41. The van der Waals surface area contributed by atoms with Crippen LogP contribution in [0.3, 0.4) is 0 Å². The van der Waals surface area contributed by atoms with E-state index in [0.717, 1.165) is 11.1 Å². The van der Waals surface area contributed by atoms with Gasteiger partial charge in [0.1, 0.15) is 0 Å². The van der Waals surface area contributed by atoms with E-state index in [1.165, 1.54) is 0 Å². The smallest absolute Gasteiger partial charge is 0.161 e. The molecule has 0 aromatic heterocycles. The van der Waals surface area contributed by atoms with Crippen LogP contribution in [0.1, 0.15) is 19.4 Å². The topological polar surface area (TPSA) is 49.7 Å². The zero-order valence-electron chi connectivity index (χ0n) is 9.03. The summed E-state index contributed by atoms with van der Waals surface area (Å²) < 4.78 is 5.25. The molecule has 0 bridgehead atoms. The first-order chi connectivity index (χ1) is 7.17. The first-order valence-corrected chi connectivity index (χ1v) is 4.91. The fraction of sp³-hybridized carbons (Fsp3) is 0.333. The van der Waals surface area contributed by atoms with E-state index >= 15 is 0 Å². The molecule has 0 saturated heterocycles. The molecule has 0 aliphatic carbocycles. The van der Waals surface area contributed by atoms with Crippen molar-refractivity contribution in [2.75, 3.05) is 13.2 Å². The highest BCUT2D eigenvalue weighted by Gasteiger charge is 2.01. The first kappa shape index (κ1) is 11.6. The van der Waals surface area contributed by atoms with Gasteiger partial charge in [-0.3, -0.25) is 0 Å². The van der Waals surface area contributed by atoms with Crippen molar-refractivity contribution in [3.8, 4) is 11.5 Å². The molecule has 1 rings (SSSR count). The van der Waals surface area contributed by atoms with Crippen LogP contribution < -0.4 is 4.74 Å². The van der Waals surface area contributed by atoms with E-state index < -0.39 is 0 Å². The lowest BCUT2D eigenvalue weighted by Gasteiger charge is -2.06. The third-order valence-corrected chi connectivity index (χ3v) is 1.95. The monoisotopic (exact) mass is 208 g/mol. The number of hydrogen-bond donors (Lipinski definition) is 2. The van der Waals surface area contributed by atoms with E-state index in [-0.39, 0.29) is 12.4 Å². The fourth-order valence-electron chi connectivity index (χ4n) is 1.22. The first-order valence-electron chi connectivity index (χ1n) is 4.91. The van der Waals surface area contributed by atoms with Crippen LogP contribution >= 0.6 is 0 Å². The zero-order valence-corrected chi connectivity index (χ0v) is 9.03. The van der Waals surface area contributed by atoms with E-state index in [1.807, 2.05) is 19.9 Å². The second-order valence-electron chi connectivity index (χ2n) is 3.31. The van der Waals surface area contributed by atoms with Gasteiger partial charge in [0, 0.05) is 0 Å².